The van der Waals surface area contributed by atoms with E-state index in [0.717, 1.165) is 48.7 Å². The van der Waals surface area contributed by atoms with Crippen molar-refractivity contribution < 1.29 is 4.39 Å². The number of benzene rings is 2. The molecule has 3 aromatic rings. The molecule has 1 aliphatic heterocycles. The Morgan fingerprint density at radius 2 is 1.85 bits per heavy atom. The van der Waals surface area contributed by atoms with Gasteiger partial charge in [0, 0.05) is 26.2 Å². The first-order valence-corrected chi connectivity index (χ1v) is 9.28. The predicted octanol–water partition coefficient (Wildman–Crippen LogP) is 3.90. The van der Waals surface area contributed by atoms with Crippen molar-refractivity contribution in [3.8, 4) is 0 Å². The fourth-order valence-electron chi connectivity index (χ4n) is 3.45. The summed E-state index contributed by atoms with van der Waals surface area (Å²) in [6.45, 7) is 8.58. The lowest BCUT2D eigenvalue weighted by Crippen LogP contribution is -2.44. The van der Waals surface area contributed by atoms with Crippen LogP contribution in [0.5, 0.6) is 0 Å². The zero-order chi connectivity index (χ0) is 18.3. The maximum atomic E-state index is 13.5. The molecule has 1 saturated heterocycles. The third-order valence-corrected chi connectivity index (χ3v) is 5.36. The second kappa shape index (κ2) is 6.89. The van der Waals surface area contributed by atoms with Gasteiger partial charge in [0.15, 0.2) is 0 Å². The van der Waals surface area contributed by atoms with Crippen LogP contribution in [0.4, 0.5) is 10.3 Å². The van der Waals surface area contributed by atoms with Crippen LogP contribution in [0.1, 0.15) is 16.7 Å². The number of aryl methyl sites for hydroxylation is 2. The van der Waals surface area contributed by atoms with Crippen LogP contribution in [0, 0.1) is 19.7 Å². The monoisotopic (exact) mass is 372 g/mol. The number of rotatable bonds is 3. The summed E-state index contributed by atoms with van der Waals surface area (Å²) in [5.74, 6) is 0.576. The largest absolute Gasteiger partial charge is 0.340 e. The smallest absolute Gasteiger partial charge is 0.206 e. The molecule has 4 rings (SSSR count). The van der Waals surface area contributed by atoms with Crippen molar-refractivity contribution in [1.82, 2.24) is 14.9 Å². The molecule has 136 valence electrons. The predicted molar refractivity (Wildman–Crippen MR) is 105 cm³/mol. The van der Waals surface area contributed by atoms with Crippen molar-refractivity contribution in [2.24, 2.45) is 0 Å². The van der Waals surface area contributed by atoms with Crippen LogP contribution in [0.25, 0.3) is 11.0 Å². The Kier molecular flexibility index (Phi) is 4.59. The summed E-state index contributed by atoms with van der Waals surface area (Å²) in [6, 6.07) is 9.25. The van der Waals surface area contributed by atoms with E-state index in [1.165, 1.54) is 17.2 Å². The first kappa shape index (κ1) is 17.3. The number of fused-ring (bicyclic) bond motifs is 1. The zero-order valence-corrected chi connectivity index (χ0v) is 15.8. The van der Waals surface area contributed by atoms with Gasteiger partial charge in [0.25, 0.3) is 0 Å². The minimum Gasteiger partial charge on any atom is -0.340 e. The Bertz CT molecular complexity index is 960. The van der Waals surface area contributed by atoms with Gasteiger partial charge in [0.2, 0.25) is 5.95 Å². The highest BCUT2D eigenvalue weighted by atomic mass is 35.5. The van der Waals surface area contributed by atoms with Gasteiger partial charge >= 0.3 is 0 Å². The van der Waals surface area contributed by atoms with Crippen LogP contribution >= 0.6 is 11.6 Å². The molecule has 0 radical (unpaired) electrons. The molecule has 0 saturated carbocycles. The highest BCUT2D eigenvalue weighted by molar-refractivity contribution is 6.30. The van der Waals surface area contributed by atoms with Crippen LogP contribution < -0.4 is 10.2 Å². The Morgan fingerprint density at radius 1 is 1.12 bits per heavy atom. The molecule has 0 amide bonds. The van der Waals surface area contributed by atoms with E-state index in [4.69, 9.17) is 16.6 Å². The number of halogens is 2. The third kappa shape index (κ3) is 3.17. The van der Waals surface area contributed by atoms with Gasteiger partial charge in [-0.1, -0.05) is 17.7 Å². The molecule has 26 heavy (non-hydrogen) atoms. The SMILES string of the molecule is Cc1cc2nc(N3CCNCC3)n(Cc3ccc(F)c(Cl)c3)c2cc1C. The molecule has 0 atom stereocenters. The molecule has 0 aliphatic carbocycles. The van der Waals surface area contributed by atoms with Crippen LogP contribution in [0.3, 0.4) is 0 Å². The fourth-order valence-corrected chi connectivity index (χ4v) is 3.65. The molecule has 0 unspecified atom stereocenters. The summed E-state index contributed by atoms with van der Waals surface area (Å²) in [7, 11) is 0. The molecule has 6 heteroatoms. The van der Waals surface area contributed by atoms with Crippen molar-refractivity contribution in [2.75, 3.05) is 31.1 Å². The summed E-state index contributed by atoms with van der Waals surface area (Å²) >= 11 is 5.99. The number of nitrogens with zero attached hydrogens (tertiary/aromatic N) is 3. The molecule has 1 aliphatic rings. The normalized spacial score (nSPS) is 15.0. The topological polar surface area (TPSA) is 33.1 Å². The average Bonchev–Trinajstić information content (AvgIpc) is 2.97. The van der Waals surface area contributed by atoms with Crippen LogP contribution in [0.15, 0.2) is 30.3 Å². The zero-order valence-electron chi connectivity index (χ0n) is 15.0. The van der Waals surface area contributed by atoms with E-state index in [9.17, 15) is 4.39 Å². The van der Waals surface area contributed by atoms with E-state index >= 15 is 0 Å². The van der Waals surface area contributed by atoms with E-state index in [-0.39, 0.29) is 10.8 Å². The Balaban J connectivity index is 1.83. The molecule has 1 N–H and O–H groups in total. The highest BCUT2D eigenvalue weighted by Crippen LogP contribution is 2.27. The van der Waals surface area contributed by atoms with E-state index in [0.29, 0.717) is 6.54 Å². The quantitative estimate of drug-likeness (QED) is 0.756. The number of hydrogen-bond donors (Lipinski definition) is 1. The van der Waals surface area contributed by atoms with Crippen molar-refractivity contribution in [3.63, 3.8) is 0 Å². The van der Waals surface area contributed by atoms with Gasteiger partial charge in [-0.15, -0.1) is 0 Å². The number of hydrogen-bond acceptors (Lipinski definition) is 3. The molecular formula is C20H22ClFN4. The highest BCUT2D eigenvalue weighted by Gasteiger charge is 2.20. The lowest BCUT2D eigenvalue weighted by atomic mass is 10.1. The summed E-state index contributed by atoms with van der Waals surface area (Å²) < 4.78 is 15.8. The average molecular weight is 373 g/mol. The maximum absolute atomic E-state index is 13.5. The molecule has 0 spiro atoms. The molecule has 1 aromatic heterocycles. The first-order chi connectivity index (χ1) is 12.5. The second-order valence-electron chi connectivity index (χ2n) is 6.91. The van der Waals surface area contributed by atoms with Crippen molar-refractivity contribution in [2.45, 2.75) is 20.4 Å². The van der Waals surface area contributed by atoms with Gasteiger partial charge in [-0.25, -0.2) is 9.37 Å². The molecule has 4 nitrogen and oxygen atoms in total. The van der Waals surface area contributed by atoms with Crippen molar-refractivity contribution >= 4 is 28.6 Å². The molecule has 1 fully saturated rings. The lowest BCUT2D eigenvalue weighted by molar-refractivity contribution is 0.571. The molecule has 2 aromatic carbocycles. The number of piperazine rings is 1. The third-order valence-electron chi connectivity index (χ3n) is 5.07. The standard InChI is InChI=1S/C20H22ClFN4/c1-13-9-18-19(10-14(13)2)26(12-15-3-4-17(22)16(21)11-15)20(24-18)25-7-5-23-6-8-25/h3-4,9-11,23H,5-8,12H2,1-2H3. The van der Waals surface area contributed by atoms with E-state index in [2.05, 4.69) is 40.8 Å². The van der Waals surface area contributed by atoms with E-state index in [1.807, 2.05) is 0 Å². The first-order valence-electron chi connectivity index (χ1n) is 8.90. The molecule has 0 bridgehead atoms. The van der Waals surface area contributed by atoms with Crippen LogP contribution in [0.2, 0.25) is 5.02 Å². The van der Waals surface area contributed by atoms with Gasteiger partial charge < -0.3 is 14.8 Å². The summed E-state index contributed by atoms with van der Waals surface area (Å²) in [5.41, 5.74) is 5.53. The summed E-state index contributed by atoms with van der Waals surface area (Å²) in [4.78, 5) is 7.24. The summed E-state index contributed by atoms with van der Waals surface area (Å²) in [5, 5.41) is 3.54. The number of anilines is 1. The van der Waals surface area contributed by atoms with Gasteiger partial charge in [-0.2, -0.15) is 0 Å². The van der Waals surface area contributed by atoms with E-state index < -0.39 is 0 Å². The fraction of sp³-hybridized carbons (Fsp3) is 0.350. The molecular weight excluding hydrogens is 351 g/mol. The van der Waals surface area contributed by atoms with Gasteiger partial charge in [0.05, 0.1) is 22.6 Å². The minimum atomic E-state index is -0.389. The minimum absolute atomic E-state index is 0.155. The maximum Gasteiger partial charge on any atom is 0.206 e. The van der Waals surface area contributed by atoms with Crippen molar-refractivity contribution in [3.05, 3.63) is 57.9 Å². The number of aromatic nitrogens is 2. The van der Waals surface area contributed by atoms with Gasteiger partial charge in [0.1, 0.15) is 5.82 Å². The lowest BCUT2D eigenvalue weighted by Gasteiger charge is -2.29. The van der Waals surface area contributed by atoms with Crippen LogP contribution in [-0.2, 0) is 6.54 Å². The van der Waals surface area contributed by atoms with Crippen LogP contribution in [-0.4, -0.2) is 35.7 Å². The Morgan fingerprint density at radius 3 is 2.58 bits per heavy atom. The second-order valence-corrected chi connectivity index (χ2v) is 7.32. The summed E-state index contributed by atoms with van der Waals surface area (Å²) in [6.07, 6.45) is 0. The van der Waals surface area contributed by atoms with Gasteiger partial charge in [-0.05, 0) is 54.8 Å². The van der Waals surface area contributed by atoms with Crippen molar-refractivity contribution in [1.29, 1.82) is 0 Å². The Labute approximate surface area is 157 Å². The Hall–Kier alpha value is -2.11. The van der Waals surface area contributed by atoms with E-state index in [1.54, 1.807) is 12.1 Å². The molecule has 2 heterocycles. The number of imidazole rings is 1. The van der Waals surface area contributed by atoms with Gasteiger partial charge in [-0.3, -0.25) is 0 Å². The number of nitrogens with one attached hydrogen (secondary N) is 1.